The van der Waals surface area contributed by atoms with Gasteiger partial charge in [0.1, 0.15) is 17.7 Å². The highest BCUT2D eigenvalue weighted by Gasteiger charge is 2.63. The van der Waals surface area contributed by atoms with Crippen molar-refractivity contribution in [3.63, 3.8) is 0 Å². The van der Waals surface area contributed by atoms with Gasteiger partial charge in [-0.05, 0) is 69.4 Å². The van der Waals surface area contributed by atoms with Crippen molar-refractivity contribution in [2.45, 2.75) is 101 Å². The number of benzene rings is 1. The van der Waals surface area contributed by atoms with Gasteiger partial charge in [0.05, 0.1) is 22.5 Å². The molecule has 1 saturated heterocycles. The second-order valence-corrected chi connectivity index (χ2v) is 16.0. The Morgan fingerprint density at radius 3 is 2.47 bits per heavy atom. The van der Waals surface area contributed by atoms with Crippen LogP contribution in [0.1, 0.15) is 77.7 Å². The maximum atomic E-state index is 13.9. The zero-order valence-electron chi connectivity index (χ0n) is 26.6. The third-order valence-electron chi connectivity index (χ3n) is 9.75. The molecular formula is C32H41F3N4O7S. The second-order valence-electron chi connectivity index (χ2n) is 13.8. The summed E-state index contributed by atoms with van der Waals surface area (Å²) in [6, 6.07) is 3.23. The van der Waals surface area contributed by atoms with Crippen LogP contribution in [0.5, 0.6) is 0 Å². The Kier molecular flexibility index (Phi) is 9.43. The van der Waals surface area contributed by atoms with E-state index < -0.39 is 73.7 Å². The van der Waals surface area contributed by atoms with Gasteiger partial charge in [0.2, 0.25) is 21.8 Å². The second kappa shape index (κ2) is 12.8. The summed E-state index contributed by atoms with van der Waals surface area (Å²) in [5.74, 6) is -2.18. The molecule has 2 aliphatic heterocycles. The maximum absolute atomic E-state index is 13.9. The first-order valence-corrected chi connectivity index (χ1v) is 17.4. The average Bonchev–Trinajstić information content (AvgIpc) is 3.84. The molecule has 2 aliphatic carbocycles. The summed E-state index contributed by atoms with van der Waals surface area (Å²) in [5.41, 5.74) is -3.13. The summed E-state index contributed by atoms with van der Waals surface area (Å²) >= 11 is 0. The molecule has 3 fully saturated rings. The summed E-state index contributed by atoms with van der Waals surface area (Å²) in [6.45, 7) is 5.36. The van der Waals surface area contributed by atoms with E-state index in [0.717, 1.165) is 25.0 Å². The van der Waals surface area contributed by atoms with Crippen molar-refractivity contribution in [1.82, 2.24) is 14.9 Å². The Labute approximate surface area is 272 Å². The Bertz CT molecular complexity index is 1560. The van der Waals surface area contributed by atoms with E-state index >= 15 is 0 Å². The highest BCUT2D eigenvalue weighted by atomic mass is 32.2. The molecule has 2 saturated carbocycles. The first kappa shape index (κ1) is 34.7. The van der Waals surface area contributed by atoms with Crippen molar-refractivity contribution in [1.29, 1.82) is 0 Å². The fourth-order valence-corrected chi connectivity index (χ4v) is 7.86. The molecule has 1 aromatic rings. The molecule has 0 spiro atoms. The van der Waals surface area contributed by atoms with Crippen LogP contribution in [0.15, 0.2) is 36.4 Å². The molecular weight excluding hydrogens is 641 g/mol. The van der Waals surface area contributed by atoms with Crippen molar-refractivity contribution in [3.05, 3.63) is 42.0 Å². The topological polar surface area (TPSA) is 151 Å². The van der Waals surface area contributed by atoms with E-state index in [1.165, 1.54) is 17.0 Å². The van der Waals surface area contributed by atoms with E-state index in [0.29, 0.717) is 19.3 Å². The molecule has 0 radical (unpaired) electrons. The lowest BCUT2D eigenvalue weighted by atomic mass is 9.91. The van der Waals surface area contributed by atoms with Gasteiger partial charge in [-0.2, -0.15) is 13.2 Å². The van der Waals surface area contributed by atoms with E-state index in [9.17, 15) is 40.8 Å². The fraction of sp³-hybridized carbons (Fsp3) is 0.625. The third kappa shape index (κ3) is 7.60. The molecule has 5 rings (SSSR count). The van der Waals surface area contributed by atoms with Crippen molar-refractivity contribution in [2.75, 3.05) is 11.9 Å². The van der Waals surface area contributed by atoms with Crippen molar-refractivity contribution < 1.29 is 45.5 Å². The Morgan fingerprint density at radius 2 is 1.79 bits per heavy atom. The standard InChI is InChI=1S/C32H41F3N4O7S/c1-19-8-4-5-9-21-17-31(21,28(42)38-47(44,45)30(3)12-13-30)37-27(41)25-16-22(18-39(25)26(40)15-20(2)14-19)46-29(43)36-24-11-7-6-10-23(24)32(33,34)35/h5-7,9-11,19-22,25H,4,8,12-18H2,1-3H3,(H,36,43)(H,37,41)(H,38,42)/b9-5-/t19-,20+,21?,22+,25-,31+/m0/s1. The van der Waals surface area contributed by atoms with Crippen LogP contribution in [0.3, 0.4) is 0 Å². The number of carbonyl (C=O) groups excluding carboxylic acids is 4. The molecule has 47 heavy (non-hydrogen) atoms. The van der Waals surface area contributed by atoms with Crippen LogP contribution in [-0.4, -0.2) is 66.1 Å². The number of halogens is 3. The molecule has 0 aromatic heterocycles. The van der Waals surface area contributed by atoms with Gasteiger partial charge in [0.25, 0.3) is 5.91 Å². The molecule has 1 aromatic carbocycles. The molecule has 1 unspecified atom stereocenters. The van der Waals surface area contributed by atoms with Crippen LogP contribution < -0.4 is 15.4 Å². The number of rotatable bonds is 5. The zero-order valence-corrected chi connectivity index (χ0v) is 27.4. The quantitative estimate of drug-likeness (QED) is 0.387. The highest BCUT2D eigenvalue weighted by molar-refractivity contribution is 7.91. The zero-order chi connectivity index (χ0) is 34.4. The summed E-state index contributed by atoms with van der Waals surface area (Å²) < 4.78 is 72.7. The number of para-hydroxylation sites is 1. The number of sulfonamides is 1. The smallest absolute Gasteiger partial charge is 0.418 e. The molecule has 6 atom stereocenters. The molecule has 11 nitrogen and oxygen atoms in total. The van der Waals surface area contributed by atoms with Crippen LogP contribution >= 0.6 is 0 Å². The van der Waals surface area contributed by atoms with Crippen molar-refractivity contribution in [3.8, 4) is 0 Å². The number of alkyl halides is 3. The number of anilines is 1. The number of ether oxygens (including phenoxy) is 1. The first-order valence-electron chi connectivity index (χ1n) is 15.9. The lowest BCUT2D eigenvalue weighted by molar-refractivity contribution is -0.140. The largest absolute Gasteiger partial charge is 0.444 e. The number of hydrogen-bond donors (Lipinski definition) is 3. The molecule has 4 aliphatic rings. The van der Waals surface area contributed by atoms with Crippen LogP contribution in [0.4, 0.5) is 23.7 Å². The van der Waals surface area contributed by atoms with Crippen LogP contribution in [0.25, 0.3) is 0 Å². The van der Waals surface area contributed by atoms with Crippen LogP contribution in [0.2, 0.25) is 0 Å². The van der Waals surface area contributed by atoms with Crippen molar-refractivity contribution in [2.24, 2.45) is 17.8 Å². The monoisotopic (exact) mass is 682 g/mol. The normalized spacial score (nSPS) is 31.6. The number of nitrogens with zero attached hydrogens (tertiary/aromatic N) is 1. The molecule has 2 heterocycles. The molecule has 15 heteroatoms. The number of nitrogens with one attached hydrogen (secondary N) is 3. The Hall–Kier alpha value is -3.62. The van der Waals surface area contributed by atoms with Gasteiger partial charge in [0, 0.05) is 18.8 Å². The Morgan fingerprint density at radius 1 is 1.09 bits per heavy atom. The van der Waals surface area contributed by atoms with E-state index in [2.05, 4.69) is 22.3 Å². The number of carbonyl (C=O) groups is 4. The van der Waals surface area contributed by atoms with Gasteiger partial charge in [0.15, 0.2) is 0 Å². The third-order valence-corrected chi connectivity index (χ3v) is 11.9. The maximum Gasteiger partial charge on any atom is 0.418 e. The van der Waals surface area contributed by atoms with E-state index in [-0.39, 0.29) is 43.6 Å². The van der Waals surface area contributed by atoms with E-state index in [4.69, 9.17) is 4.74 Å². The summed E-state index contributed by atoms with van der Waals surface area (Å²) in [7, 11) is -4.00. The number of allylic oxidation sites excluding steroid dienone is 1. The van der Waals surface area contributed by atoms with Gasteiger partial charge in [-0.3, -0.25) is 24.4 Å². The Balaban J connectivity index is 1.37. The number of hydrogen-bond acceptors (Lipinski definition) is 7. The minimum Gasteiger partial charge on any atom is -0.444 e. The van der Waals surface area contributed by atoms with Crippen LogP contribution in [0, 0.1) is 17.8 Å². The summed E-state index contributed by atoms with van der Waals surface area (Å²) in [5, 5.41) is 4.85. The molecule has 258 valence electrons. The number of fused-ring (bicyclic) bond motifs is 2. The average molecular weight is 683 g/mol. The SMILES string of the molecule is C[C@H]1CC/C=C\C2C[C@@]2(C(=O)NS(=O)(=O)C2(C)CC2)NC(=O)[C@@H]2C[C@@H](OC(=O)Nc3ccccc3C(F)(F)F)CN2C(=O)C[C@H](C)C1. The predicted molar refractivity (Wildman–Crippen MR) is 165 cm³/mol. The number of amides is 4. The van der Waals surface area contributed by atoms with Gasteiger partial charge in [-0.15, -0.1) is 0 Å². The van der Waals surface area contributed by atoms with Crippen LogP contribution in [-0.2, 0) is 35.3 Å². The highest BCUT2D eigenvalue weighted by Crippen LogP contribution is 2.47. The van der Waals surface area contributed by atoms with E-state index in [1.54, 1.807) is 6.92 Å². The van der Waals surface area contributed by atoms with Gasteiger partial charge in [-0.25, -0.2) is 13.2 Å². The molecule has 4 amide bonds. The molecule has 3 N–H and O–H groups in total. The van der Waals surface area contributed by atoms with Gasteiger partial charge in [-0.1, -0.05) is 38.1 Å². The lowest BCUT2D eigenvalue weighted by Crippen LogP contribution is -2.57. The minimum atomic E-state index is -4.73. The van der Waals surface area contributed by atoms with Gasteiger partial charge >= 0.3 is 12.3 Å². The minimum absolute atomic E-state index is 0.0306. The summed E-state index contributed by atoms with van der Waals surface area (Å²) in [6.07, 6.45) is -0.0385. The predicted octanol–water partition coefficient (Wildman–Crippen LogP) is 4.50. The fourth-order valence-electron chi connectivity index (χ4n) is 6.55. The van der Waals surface area contributed by atoms with E-state index in [1.807, 2.05) is 19.1 Å². The first-order chi connectivity index (χ1) is 21.9. The van der Waals surface area contributed by atoms with Crippen molar-refractivity contribution >= 4 is 39.5 Å². The summed E-state index contributed by atoms with van der Waals surface area (Å²) in [4.78, 5) is 55.0. The van der Waals surface area contributed by atoms with Gasteiger partial charge < -0.3 is 15.0 Å². The lowest BCUT2D eigenvalue weighted by Gasteiger charge is -2.27. The molecule has 0 bridgehead atoms.